The van der Waals surface area contributed by atoms with E-state index < -0.39 is 5.97 Å². The zero-order valence-electron chi connectivity index (χ0n) is 19.5. The Hall–Kier alpha value is -3.56. The summed E-state index contributed by atoms with van der Waals surface area (Å²) in [5.41, 5.74) is 3.64. The van der Waals surface area contributed by atoms with E-state index in [1.165, 1.54) is 0 Å². The molecule has 3 heterocycles. The first kappa shape index (κ1) is 22.2. The molecule has 2 aliphatic carbocycles. The minimum Gasteiger partial charge on any atom is -0.489 e. The molecule has 0 bridgehead atoms. The summed E-state index contributed by atoms with van der Waals surface area (Å²) in [6.45, 7) is 3.99. The van der Waals surface area contributed by atoms with Crippen LogP contribution in [0.25, 0.3) is 11.4 Å². The predicted octanol–water partition coefficient (Wildman–Crippen LogP) is 3.13. The lowest BCUT2D eigenvalue weighted by Gasteiger charge is -2.18. The van der Waals surface area contributed by atoms with Gasteiger partial charge in [-0.3, -0.25) is 4.79 Å². The monoisotopic (exact) mass is 464 g/mol. The molecule has 0 amide bonds. The molecule has 178 valence electrons. The minimum absolute atomic E-state index is 0.0262. The minimum atomic E-state index is -0.673. The first-order chi connectivity index (χ1) is 16.4. The molecule has 0 radical (unpaired) electrons. The fourth-order valence-electron chi connectivity index (χ4n) is 5.29. The molecule has 0 saturated heterocycles. The number of rotatable bonds is 7. The van der Waals surface area contributed by atoms with Crippen molar-refractivity contribution in [2.45, 2.75) is 52.2 Å². The zero-order chi connectivity index (χ0) is 23.8. The highest BCUT2D eigenvalue weighted by Gasteiger charge is 2.47. The third-order valence-electron chi connectivity index (χ3n) is 7.02. The molecule has 3 aromatic rings. The molecule has 4 atom stereocenters. The number of fused-ring (bicyclic) bond motifs is 1. The van der Waals surface area contributed by atoms with Crippen LogP contribution in [0.5, 0.6) is 11.8 Å². The van der Waals surface area contributed by atoms with Gasteiger partial charge in [-0.25, -0.2) is 19.6 Å². The van der Waals surface area contributed by atoms with E-state index in [0.29, 0.717) is 23.3 Å². The van der Waals surface area contributed by atoms with Gasteiger partial charge in [0, 0.05) is 18.9 Å². The van der Waals surface area contributed by atoms with Crippen LogP contribution < -0.4 is 9.47 Å². The van der Waals surface area contributed by atoms with E-state index in [0.717, 1.165) is 48.5 Å². The lowest BCUT2D eigenvalue weighted by atomic mass is 9.92. The van der Waals surface area contributed by atoms with Crippen molar-refractivity contribution in [1.82, 2.24) is 29.9 Å². The van der Waals surface area contributed by atoms with Crippen molar-refractivity contribution < 1.29 is 19.4 Å². The van der Waals surface area contributed by atoms with Gasteiger partial charge < -0.3 is 14.6 Å². The maximum absolute atomic E-state index is 11.5. The van der Waals surface area contributed by atoms with Gasteiger partial charge in [-0.15, -0.1) is 5.10 Å². The Morgan fingerprint density at radius 2 is 2.03 bits per heavy atom. The Labute approximate surface area is 197 Å². The Bertz CT molecular complexity index is 1210. The zero-order valence-corrected chi connectivity index (χ0v) is 19.5. The number of carboxylic acid groups (broad SMARTS) is 1. The molecule has 0 aromatic carbocycles. The number of carboxylic acids is 1. The average Bonchev–Trinajstić information content (AvgIpc) is 3.48. The summed E-state index contributed by atoms with van der Waals surface area (Å²) >= 11 is 0. The predicted molar refractivity (Wildman–Crippen MR) is 121 cm³/mol. The van der Waals surface area contributed by atoms with Gasteiger partial charge in [-0.05, 0) is 69.6 Å². The highest BCUT2D eigenvalue weighted by molar-refractivity contribution is 5.71. The van der Waals surface area contributed by atoms with E-state index in [-0.39, 0.29) is 24.5 Å². The molecule has 0 aliphatic heterocycles. The van der Waals surface area contributed by atoms with Crippen molar-refractivity contribution >= 4 is 5.97 Å². The van der Waals surface area contributed by atoms with E-state index in [1.807, 2.05) is 32.0 Å². The van der Waals surface area contributed by atoms with Crippen molar-refractivity contribution in [1.29, 1.82) is 0 Å². The quantitative estimate of drug-likeness (QED) is 0.561. The van der Waals surface area contributed by atoms with Crippen LogP contribution in [-0.4, -0.2) is 47.1 Å². The van der Waals surface area contributed by atoms with E-state index in [4.69, 9.17) is 14.5 Å². The van der Waals surface area contributed by atoms with Gasteiger partial charge in [0.15, 0.2) is 0 Å². The van der Waals surface area contributed by atoms with E-state index in [9.17, 15) is 9.90 Å². The second-order valence-corrected chi connectivity index (χ2v) is 9.21. The van der Waals surface area contributed by atoms with Crippen LogP contribution in [0, 0.1) is 31.6 Å². The van der Waals surface area contributed by atoms with Crippen molar-refractivity contribution in [3.8, 4) is 23.1 Å². The number of aliphatic carboxylic acids is 1. The maximum atomic E-state index is 11.5. The summed E-state index contributed by atoms with van der Waals surface area (Å²) in [5, 5.41) is 17.9. The molecule has 2 aliphatic rings. The highest BCUT2D eigenvalue weighted by atomic mass is 16.5. The second-order valence-electron chi connectivity index (χ2n) is 9.21. The average molecular weight is 465 g/mol. The van der Waals surface area contributed by atoms with Gasteiger partial charge >= 0.3 is 12.0 Å². The van der Waals surface area contributed by atoms with E-state index >= 15 is 0 Å². The molecule has 0 spiro atoms. The number of nitrogens with zero attached hydrogens (tertiary/aromatic N) is 6. The standard InChI is InChI=1S/C24H28N6O4/c1-13-8-9-25-24(26-13)33-12-20-22(28-29-30(20)3)19-6-7-21(14(2)27-19)34-16-10-15-4-5-17(23(31)32)18(15)11-16/h6-9,15-18H,4-5,10-12H2,1-3H3,(H,31,32)/t15-,16+,17?,18+/m1/s1. The van der Waals surface area contributed by atoms with Gasteiger partial charge in [-0.1, -0.05) is 5.21 Å². The van der Waals surface area contributed by atoms with E-state index in [2.05, 4.69) is 20.3 Å². The first-order valence-electron chi connectivity index (χ1n) is 11.6. The number of pyridine rings is 1. The lowest BCUT2D eigenvalue weighted by molar-refractivity contribution is -0.143. The third kappa shape index (κ3) is 4.32. The molecule has 10 nitrogen and oxygen atoms in total. The van der Waals surface area contributed by atoms with E-state index in [1.54, 1.807) is 17.9 Å². The number of hydrogen-bond acceptors (Lipinski definition) is 8. The van der Waals surface area contributed by atoms with Gasteiger partial charge in [0.25, 0.3) is 0 Å². The molecule has 1 unspecified atom stereocenters. The smallest absolute Gasteiger partial charge is 0.316 e. The molecule has 2 saturated carbocycles. The largest absolute Gasteiger partial charge is 0.489 e. The molecular formula is C24H28N6O4. The molecule has 10 heteroatoms. The molecule has 2 fully saturated rings. The number of carbonyl (C=O) groups is 1. The summed E-state index contributed by atoms with van der Waals surface area (Å²) in [7, 11) is 1.80. The van der Waals surface area contributed by atoms with Gasteiger partial charge in [0.1, 0.15) is 23.7 Å². The molecule has 3 aromatic heterocycles. The lowest BCUT2D eigenvalue weighted by Crippen LogP contribution is -2.21. The third-order valence-corrected chi connectivity index (χ3v) is 7.02. The van der Waals surface area contributed by atoms with Crippen molar-refractivity contribution in [3.05, 3.63) is 41.5 Å². The number of aryl methyl sites for hydroxylation is 3. The number of ether oxygens (including phenoxy) is 2. The summed E-state index contributed by atoms with van der Waals surface area (Å²) in [6.07, 6.45) is 5.13. The van der Waals surface area contributed by atoms with Gasteiger partial charge in [-0.2, -0.15) is 0 Å². The van der Waals surface area contributed by atoms with Gasteiger partial charge in [0.05, 0.1) is 23.4 Å². The Balaban J connectivity index is 1.29. The molecule has 1 N–H and O–H groups in total. The van der Waals surface area contributed by atoms with Crippen LogP contribution in [0.2, 0.25) is 0 Å². The topological polar surface area (TPSA) is 125 Å². The van der Waals surface area contributed by atoms with Crippen LogP contribution >= 0.6 is 0 Å². The summed E-state index contributed by atoms with van der Waals surface area (Å²) in [4.78, 5) is 24.6. The van der Waals surface area contributed by atoms with Gasteiger partial charge in [0.2, 0.25) is 0 Å². The van der Waals surface area contributed by atoms with Crippen LogP contribution in [-0.2, 0) is 18.4 Å². The van der Waals surface area contributed by atoms with Crippen LogP contribution in [0.3, 0.4) is 0 Å². The Morgan fingerprint density at radius 3 is 2.79 bits per heavy atom. The van der Waals surface area contributed by atoms with Crippen molar-refractivity contribution in [3.63, 3.8) is 0 Å². The van der Waals surface area contributed by atoms with Crippen LogP contribution in [0.4, 0.5) is 0 Å². The maximum Gasteiger partial charge on any atom is 0.316 e. The Morgan fingerprint density at radius 1 is 1.18 bits per heavy atom. The fraction of sp³-hybridized carbons (Fsp3) is 0.500. The van der Waals surface area contributed by atoms with Crippen molar-refractivity contribution in [2.75, 3.05) is 0 Å². The summed E-state index contributed by atoms with van der Waals surface area (Å²) in [6, 6.07) is 5.88. The summed E-state index contributed by atoms with van der Waals surface area (Å²) < 4.78 is 13.7. The molecular weight excluding hydrogens is 436 g/mol. The second kappa shape index (κ2) is 9.00. The summed E-state index contributed by atoms with van der Waals surface area (Å²) in [5.74, 6) is 0.471. The van der Waals surface area contributed by atoms with Crippen LogP contribution in [0.15, 0.2) is 24.4 Å². The number of hydrogen-bond donors (Lipinski definition) is 1. The SMILES string of the molecule is Cc1ccnc(OCc2c(-c3ccc(O[C@H]4C[C@H]5CCC(C(=O)O)[C@H]5C4)c(C)n3)nnn2C)n1. The fourth-order valence-corrected chi connectivity index (χ4v) is 5.29. The highest BCUT2D eigenvalue weighted by Crippen LogP contribution is 2.48. The molecule has 34 heavy (non-hydrogen) atoms. The normalized spacial score (nSPS) is 23.6. The first-order valence-corrected chi connectivity index (χ1v) is 11.6. The van der Waals surface area contributed by atoms with Crippen LogP contribution in [0.1, 0.15) is 42.8 Å². The number of aromatic nitrogens is 6. The van der Waals surface area contributed by atoms with Crippen molar-refractivity contribution in [2.24, 2.45) is 24.8 Å². The molecule has 5 rings (SSSR count). The Kier molecular flexibility index (Phi) is 5.89.